The number of nitrogens with one attached hydrogen (secondary N) is 6. The molecule has 0 saturated carbocycles. The third-order valence-corrected chi connectivity index (χ3v) is 19.8. The first-order valence-corrected chi connectivity index (χ1v) is 41.7. The van der Waals surface area contributed by atoms with Gasteiger partial charge in [-0.1, -0.05) is 333 Å². The van der Waals surface area contributed by atoms with Crippen molar-refractivity contribution >= 4 is 52.0 Å². The second-order valence-corrected chi connectivity index (χ2v) is 29.4. The van der Waals surface area contributed by atoms with E-state index in [4.69, 9.17) is 50.9 Å². The molecule has 0 aliphatic carbocycles. The predicted octanol–water partition coefficient (Wildman–Crippen LogP) is 24.3. The lowest BCUT2D eigenvalue weighted by atomic mass is 9.92. The number of hydrogen-bond acceptors (Lipinski definition) is 6. The summed E-state index contributed by atoms with van der Waals surface area (Å²) in [6.07, 6.45) is 65.6. The molecule has 0 radical (unpaired) electrons. The van der Waals surface area contributed by atoms with Gasteiger partial charge in [-0.05, 0) is 119 Å². The van der Waals surface area contributed by atoms with E-state index in [9.17, 15) is 0 Å². The molecular weight excluding hydrogens is 1240 g/mol. The number of rotatable bonds is 65. The summed E-state index contributed by atoms with van der Waals surface area (Å²) in [5.74, 6) is 2.36. The minimum Gasteiger partial charge on any atom is -0.491 e. The molecule has 0 spiro atoms. The van der Waals surface area contributed by atoms with Crippen LogP contribution in [0.5, 0.6) is 17.2 Å². The van der Waals surface area contributed by atoms with Crippen molar-refractivity contribution in [1.29, 1.82) is 0 Å². The molecule has 0 amide bonds. The van der Waals surface area contributed by atoms with Gasteiger partial charge in [-0.15, -0.1) is 0 Å². The van der Waals surface area contributed by atoms with Gasteiger partial charge in [-0.25, -0.2) is 0 Å². The van der Waals surface area contributed by atoms with Crippen LogP contribution >= 0.6 is 36.7 Å². The zero-order chi connectivity index (χ0) is 68.8. The molecule has 0 heterocycles. The zero-order valence-electron chi connectivity index (χ0n) is 62.9. The monoisotopic (exact) mass is 1380 g/mol. The normalized spacial score (nSPS) is 11.2. The van der Waals surface area contributed by atoms with E-state index in [1.165, 1.54) is 289 Å². The first-order valence-electron chi connectivity index (χ1n) is 40.5. The lowest BCUT2D eigenvalue weighted by Crippen LogP contribution is -2.38. The SMILES string of the molecule is CCCCCCCCCCCCCCCCCCNC(=S)NCCOc1ccc(C)cc1-c1cc(C)cc(-c2cc(C)ccc2OCCNC(=S)NCCCCCCCCCCCCCCCCCC)c1OCCNC(=S)NCCCCCCCCCCCCCCCCCC. The summed E-state index contributed by atoms with van der Waals surface area (Å²) in [7, 11) is 0. The fourth-order valence-corrected chi connectivity index (χ4v) is 13.7. The van der Waals surface area contributed by atoms with Crippen molar-refractivity contribution in [2.45, 2.75) is 350 Å². The molecule has 0 fully saturated rings. The molecule has 0 aliphatic heterocycles. The van der Waals surface area contributed by atoms with Gasteiger partial charge in [0.1, 0.15) is 37.1 Å². The fraction of sp³-hybridized carbons (Fsp3) is 0.750. The third kappa shape index (κ3) is 46.5. The van der Waals surface area contributed by atoms with Crippen molar-refractivity contribution in [3.8, 4) is 39.5 Å². The first-order chi connectivity index (χ1) is 47.2. The molecule has 3 aromatic carbocycles. The highest BCUT2D eigenvalue weighted by atomic mass is 32.1. The van der Waals surface area contributed by atoms with Crippen LogP contribution in [0.2, 0.25) is 0 Å². The highest BCUT2D eigenvalue weighted by Crippen LogP contribution is 2.46. The van der Waals surface area contributed by atoms with Crippen LogP contribution in [0.25, 0.3) is 22.3 Å². The van der Waals surface area contributed by atoms with E-state index in [1.54, 1.807) is 0 Å². The molecule has 0 bridgehead atoms. The molecule has 0 unspecified atom stereocenters. The van der Waals surface area contributed by atoms with E-state index in [0.29, 0.717) is 54.8 Å². The van der Waals surface area contributed by atoms with E-state index < -0.39 is 0 Å². The molecule has 0 aromatic heterocycles. The number of unbranched alkanes of at least 4 members (excludes halogenated alkanes) is 45. The highest BCUT2D eigenvalue weighted by Gasteiger charge is 2.21. The lowest BCUT2D eigenvalue weighted by Gasteiger charge is -2.22. The van der Waals surface area contributed by atoms with Gasteiger partial charge in [0, 0.05) is 41.9 Å². The molecule has 6 N–H and O–H groups in total. The molecule has 0 aliphatic rings. The van der Waals surface area contributed by atoms with Gasteiger partial charge in [0.2, 0.25) is 0 Å². The largest absolute Gasteiger partial charge is 0.491 e. The molecule has 548 valence electrons. The van der Waals surface area contributed by atoms with E-state index in [0.717, 1.165) is 95.1 Å². The Hall–Kier alpha value is -3.87. The number of hydrogen-bond donors (Lipinski definition) is 6. The Morgan fingerprint density at radius 2 is 0.458 bits per heavy atom. The maximum atomic E-state index is 7.01. The molecule has 12 heteroatoms. The van der Waals surface area contributed by atoms with Crippen LogP contribution in [0.15, 0.2) is 48.5 Å². The molecule has 3 aromatic rings. The summed E-state index contributed by atoms with van der Waals surface area (Å²) in [5, 5.41) is 22.6. The zero-order valence-corrected chi connectivity index (χ0v) is 65.3. The Labute approximate surface area is 607 Å². The molecular formula is C84H146N6O3S3. The van der Waals surface area contributed by atoms with Crippen molar-refractivity contribution in [3.05, 3.63) is 65.2 Å². The van der Waals surface area contributed by atoms with Crippen molar-refractivity contribution in [3.63, 3.8) is 0 Å². The highest BCUT2D eigenvalue weighted by molar-refractivity contribution is 7.80. The minimum absolute atomic E-state index is 0.398. The summed E-state index contributed by atoms with van der Waals surface area (Å²) >= 11 is 17.3. The summed E-state index contributed by atoms with van der Waals surface area (Å²) in [5.41, 5.74) is 7.26. The van der Waals surface area contributed by atoms with E-state index in [2.05, 4.69) is 122 Å². The van der Waals surface area contributed by atoms with Crippen molar-refractivity contribution in [1.82, 2.24) is 31.9 Å². The van der Waals surface area contributed by atoms with Crippen LogP contribution in [-0.2, 0) is 0 Å². The van der Waals surface area contributed by atoms with Gasteiger partial charge >= 0.3 is 0 Å². The second kappa shape index (κ2) is 62.2. The van der Waals surface area contributed by atoms with Crippen molar-refractivity contribution in [2.75, 3.05) is 59.1 Å². The van der Waals surface area contributed by atoms with Crippen LogP contribution < -0.4 is 46.1 Å². The van der Waals surface area contributed by atoms with Crippen molar-refractivity contribution in [2.24, 2.45) is 0 Å². The fourth-order valence-electron chi connectivity index (χ4n) is 13.1. The van der Waals surface area contributed by atoms with Crippen LogP contribution in [0.3, 0.4) is 0 Å². The smallest absolute Gasteiger partial charge is 0.166 e. The number of thiocarbonyl (C=S) groups is 3. The number of ether oxygens (including phenoxy) is 3. The Kier molecular flexibility index (Phi) is 55.9. The third-order valence-electron chi connectivity index (χ3n) is 19.0. The van der Waals surface area contributed by atoms with Crippen LogP contribution in [0, 0.1) is 20.8 Å². The topological polar surface area (TPSA) is 99.9 Å². The standard InChI is InChI=1S/C84H146N6O3S3/c1-7-10-13-16-19-22-25-28-31-34-37-40-43-46-49-52-59-85-82(94)88-62-65-91-79-57-55-72(4)68-75(79)77-70-74(6)71-78(81(77)93-67-64-90-84(96)87-61-54-51-48-45-42-39-36-33-30-27-24-21-18-15-12-9-3)76-69-73(5)56-58-80(76)92-66-63-89-83(95)86-60-53-50-47-44-41-38-35-32-29-26-23-20-17-14-11-8-2/h55-58,68-71H,7-54,59-67H2,1-6H3,(H2,85,88,94)(H2,86,89,95)(H2,87,90,96). The molecule has 0 atom stereocenters. The van der Waals surface area contributed by atoms with E-state index in [-0.39, 0.29) is 0 Å². The quantitative estimate of drug-likeness (QED) is 0.0240. The van der Waals surface area contributed by atoms with Gasteiger partial charge in [-0.3, -0.25) is 0 Å². The summed E-state index contributed by atoms with van der Waals surface area (Å²) in [6.45, 7) is 19.0. The molecule has 96 heavy (non-hydrogen) atoms. The number of aryl methyl sites for hydroxylation is 3. The van der Waals surface area contributed by atoms with E-state index in [1.807, 2.05) is 0 Å². The van der Waals surface area contributed by atoms with E-state index >= 15 is 0 Å². The Balaban J connectivity index is 1.54. The predicted molar refractivity (Wildman–Crippen MR) is 432 cm³/mol. The van der Waals surface area contributed by atoms with Gasteiger partial charge in [-0.2, -0.15) is 0 Å². The Morgan fingerprint density at radius 3 is 0.708 bits per heavy atom. The van der Waals surface area contributed by atoms with Gasteiger partial charge in [0.25, 0.3) is 0 Å². The summed E-state index contributed by atoms with van der Waals surface area (Å²) in [4.78, 5) is 0. The lowest BCUT2D eigenvalue weighted by molar-refractivity contribution is 0.317. The molecule has 0 saturated heterocycles. The van der Waals surface area contributed by atoms with Crippen molar-refractivity contribution < 1.29 is 14.2 Å². The summed E-state index contributed by atoms with van der Waals surface area (Å²) in [6, 6.07) is 17.3. The van der Waals surface area contributed by atoms with Gasteiger partial charge in [0.15, 0.2) is 15.3 Å². The minimum atomic E-state index is 0.398. The molecule has 9 nitrogen and oxygen atoms in total. The van der Waals surface area contributed by atoms with Crippen LogP contribution in [-0.4, -0.2) is 74.4 Å². The van der Waals surface area contributed by atoms with Gasteiger partial charge < -0.3 is 46.1 Å². The van der Waals surface area contributed by atoms with Gasteiger partial charge in [0.05, 0.1) is 19.6 Å². The Morgan fingerprint density at radius 1 is 0.250 bits per heavy atom. The van der Waals surface area contributed by atoms with Crippen LogP contribution in [0.1, 0.15) is 346 Å². The average Bonchev–Trinajstić information content (AvgIpc) is 0.786. The maximum Gasteiger partial charge on any atom is 0.166 e. The van der Waals surface area contributed by atoms with Crippen LogP contribution in [0.4, 0.5) is 0 Å². The Bertz CT molecular complexity index is 2240. The summed E-state index contributed by atoms with van der Waals surface area (Å²) < 4.78 is 20.3. The number of benzene rings is 3. The molecule has 3 rings (SSSR count). The average molecular weight is 1380 g/mol. The maximum absolute atomic E-state index is 7.01. The first kappa shape index (κ1) is 86.4. The second-order valence-electron chi connectivity index (χ2n) is 28.2.